The van der Waals surface area contributed by atoms with E-state index in [-0.39, 0.29) is 5.91 Å². The summed E-state index contributed by atoms with van der Waals surface area (Å²) in [5, 5.41) is 7.24. The van der Waals surface area contributed by atoms with E-state index >= 15 is 0 Å². The number of amides is 1. The molecule has 3 rings (SSSR count). The molecule has 0 bridgehead atoms. The van der Waals surface area contributed by atoms with E-state index in [1.165, 1.54) is 0 Å². The molecule has 0 spiro atoms. The van der Waals surface area contributed by atoms with Crippen LogP contribution in [0.15, 0.2) is 36.5 Å². The van der Waals surface area contributed by atoms with Gasteiger partial charge in [-0.05, 0) is 43.6 Å². The molecule has 1 amide bonds. The number of nitrogens with zero attached hydrogens (tertiary/aromatic N) is 1. The Morgan fingerprint density at radius 2 is 2.32 bits per heavy atom. The van der Waals surface area contributed by atoms with Crippen LogP contribution in [0.4, 0.5) is 0 Å². The number of rotatable bonds is 3. The lowest BCUT2D eigenvalue weighted by atomic mass is 10.1. The average Bonchev–Trinajstić information content (AvgIpc) is 2.97. The smallest absolute Gasteiger partial charge is 0.251 e. The van der Waals surface area contributed by atoms with Crippen LogP contribution in [0.3, 0.4) is 0 Å². The quantitative estimate of drug-likeness (QED) is 0.875. The van der Waals surface area contributed by atoms with Crippen LogP contribution < -0.4 is 10.6 Å². The Balaban J connectivity index is 1.77. The summed E-state index contributed by atoms with van der Waals surface area (Å²) in [5.41, 5.74) is 1.56. The van der Waals surface area contributed by atoms with Crippen molar-refractivity contribution in [3.63, 3.8) is 0 Å². The number of benzene rings is 1. The van der Waals surface area contributed by atoms with E-state index in [9.17, 15) is 4.79 Å². The topological polar surface area (TPSA) is 54.0 Å². The summed E-state index contributed by atoms with van der Waals surface area (Å²) >= 11 is 0. The normalized spacial score (nSPS) is 18.6. The highest BCUT2D eigenvalue weighted by Crippen LogP contribution is 2.16. The summed E-state index contributed by atoms with van der Waals surface area (Å²) in [7, 11) is 0. The molecule has 0 saturated carbocycles. The molecule has 4 nitrogen and oxygen atoms in total. The van der Waals surface area contributed by atoms with Crippen LogP contribution in [0.2, 0.25) is 0 Å². The molecular weight excluding hydrogens is 238 g/mol. The zero-order valence-corrected chi connectivity index (χ0v) is 10.7. The Morgan fingerprint density at radius 3 is 3.16 bits per heavy atom. The second kappa shape index (κ2) is 5.36. The van der Waals surface area contributed by atoms with Crippen molar-refractivity contribution < 1.29 is 4.79 Å². The van der Waals surface area contributed by atoms with Gasteiger partial charge in [-0.2, -0.15) is 0 Å². The van der Waals surface area contributed by atoms with Crippen molar-refractivity contribution in [1.82, 2.24) is 15.6 Å². The Labute approximate surface area is 112 Å². The summed E-state index contributed by atoms with van der Waals surface area (Å²) in [4.78, 5) is 16.5. The molecule has 2 N–H and O–H groups in total. The molecule has 1 aliphatic heterocycles. The molecule has 4 heteroatoms. The van der Waals surface area contributed by atoms with Crippen LogP contribution in [-0.2, 0) is 0 Å². The first-order chi connectivity index (χ1) is 9.34. The lowest BCUT2D eigenvalue weighted by Gasteiger charge is -2.11. The Kier molecular flexibility index (Phi) is 3.42. The summed E-state index contributed by atoms with van der Waals surface area (Å²) in [5.74, 6) is 0.544. The third-order valence-electron chi connectivity index (χ3n) is 3.60. The van der Waals surface area contributed by atoms with Crippen LogP contribution in [0.5, 0.6) is 0 Å². The lowest BCUT2D eigenvalue weighted by Crippen LogP contribution is -2.30. The molecule has 1 atom stereocenters. The monoisotopic (exact) mass is 255 g/mol. The first kappa shape index (κ1) is 12.1. The van der Waals surface area contributed by atoms with Crippen molar-refractivity contribution in [2.45, 2.75) is 6.42 Å². The maximum absolute atomic E-state index is 12.3. The zero-order valence-electron chi connectivity index (χ0n) is 10.7. The number of carbonyl (C=O) groups excluding carboxylic acids is 1. The predicted molar refractivity (Wildman–Crippen MR) is 75.1 cm³/mol. The molecule has 1 aromatic carbocycles. The molecule has 1 aliphatic rings. The maximum atomic E-state index is 12.3. The molecule has 98 valence electrons. The van der Waals surface area contributed by atoms with Gasteiger partial charge in [0.1, 0.15) is 0 Å². The van der Waals surface area contributed by atoms with Crippen LogP contribution in [0.1, 0.15) is 16.8 Å². The Morgan fingerprint density at radius 1 is 1.37 bits per heavy atom. The number of nitrogens with one attached hydrogen (secondary N) is 2. The number of carbonyl (C=O) groups is 1. The largest absolute Gasteiger partial charge is 0.352 e. The highest BCUT2D eigenvalue weighted by Gasteiger charge is 2.16. The van der Waals surface area contributed by atoms with Crippen LogP contribution in [-0.4, -0.2) is 30.5 Å². The standard InChI is InChI=1S/C15H17N3O/c19-15(18-10-11-6-8-16-9-11)13-3-1-5-14-12(13)4-2-7-17-14/h1-5,7,11,16H,6,8-10H2,(H,18,19). The molecule has 1 unspecified atom stereocenters. The van der Waals surface area contributed by atoms with Gasteiger partial charge < -0.3 is 10.6 Å². The van der Waals surface area contributed by atoms with Crippen molar-refractivity contribution in [3.8, 4) is 0 Å². The minimum absolute atomic E-state index is 0.00880. The van der Waals surface area contributed by atoms with E-state index in [0.29, 0.717) is 11.5 Å². The summed E-state index contributed by atoms with van der Waals surface area (Å²) in [6.07, 6.45) is 2.88. The maximum Gasteiger partial charge on any atom is 0.251 e. The van der Waals surface area contributed by atoms with Crippen LogP contribution in [0.25, 0.3) is 10.9 Å². The molecule has 1 fully saturated rings. The number of fused-ring (bicyclic) bond motifs is 1. The molecule has 19 heavy (non-hydrogen) atoms. The third-order valence-corrected chi connectivity index (χ3v) is 3.60. The van der Waals surface area contributed by atoms with Crippen LogP contribution in [0, 0.1) is 5.92 Å². The van der Waals surface area contributed by atoms with Crippen molar-refractivity contribution in [2.75, 3.05) is 19.6 Å². The van der Waals surface area contributed by atoms with Gasteiger partial charge in [-0.25, -0.2) is 0 Å². The Hall–Kier alpha value is -1.94. The number of pyridine rings is 1. The fourth-order valence-electron chi connectivity index (χ4n) is 2.52. The molecule has 0 radical (unpaired) electrons. The Bertz CT molecular complexity index is 585. The van der Waals surface area contributed by atoms with E-state index in [1.807, 2.05) is 30.3 Å². The SMILES string of the molecule is O=C(NCC1CCNC1)c1cccc2ncccc12. The number of aromatic nitrogens is 1. The highest BCUT2D eigenvalue weighted by atomic mass is 16.1. The van der Waals surface area contributed by atoms with Gasteiger partial charge in [0, 0.05) is 23.7 Å². The fourth-order valence-corrected chi connectivity index (χ4v) is 2.52. The molecule has 0 aliphatic carbocycles. The second-order valence-corrected chi connectivity index (χ2v) is 4.94. The molecule has 2 heterocycles. The van der Waals surface area contributed by atoms with Gasteiger partial charge in [0.05, 0.1) is 5.52 Å². The minimum atomic E-state index is -0.00880. The predicted octanol–water partition coefficient (Wildman–Crippen LogP) is 1.57. The third kappa shape index (κ3) is 2.58. The minimum Gasteiger partial charge on any atom is -0.352 e. The van der Waals surface area contributed by atoms with E-state index < -0.39 is 0 Å². The van der Waals surface area contributed by atoms with Gasteiger partial charge in [-0.15, -0.1) is 0 Å². The van der Waals surface area contributed by atoms with Gasteiger partial charge in [0.25, 0.3) is 5.91 Å². The van der Waals surface area contributed by atoms with Gasteiger partial charge >= 0.3 is 0 Å². The van der Waals surface area contributed by atoms with Crippen molar-refractivity contribution in [3.05, 3.63) is 42.1 Å². The first-order valence-electron chi connectivity index (χ1n) is 6.67. The summed E-state index contributed by atoms with van der Waals surface area (Å²) in [6, 6.07) is 9.45. The molecule has 1 saturated heterocycles. The summed E-state index contributed by atoms with van der Waals surface area (Å²) < 4.78 is 0. The molecule has 1 aromatic heterocycles. The second-order valence-electron chi connectivity index (χ2n) is 4.94. The highest BCUT2D eigenvalue weighted by molar-refractivity contribution is 6.06. The van der Waals surface area contributed by atoms with E-state index in [0.717, 1.165) is 37.0 Å². The van der Waals surface area contributed by atoms with Crippen LogP contribution >= 0.6 is 0 Å². The van der Waals surface area contributed by atoms with Crippen molar-refractivity contribution in [1.29, 1.82) is 0 Å². The van der Waals surface area contributed by atoms with Crippen molar-refractivity contribution in [2.24, 2.45) is 5.92 Å². The number of hydrogen-bond acceptors (Lipinski definition) is 3. The number of hydrogen-bond donors (Lipinski definition) is 2. The van der Waals surface area contributed by atoms with Gasteiger partial charge in [0.2, 0.25) is 0 Å². The first-order valence-corrected chi connectivity index (χ1v) is 6.67. The van der Waals surface area contributed by atoms with E-state index in [1.54, 1.807) is 6.20 Å². The zero-order chi connectivity index (χ0) is 13.1. The molecule has 2 aromatic rings. The van der Waals surface area contributed by atoms with Crippen molar-refractivity contribution >= 4 is 16.8 Å². The molecular formula is C15H17N3O. The van der Waals surface area contributed by atoms with Gasteiger partial charge in [-0.3, -0.25) is 9.78 Å². The lowest BCUT2D eigenvalue weighted by molar-refractivity contribution is 0.0950. The van der Waals surface area contributed by atoms with E-state index in [4.69, 9.17) is 0 Å². The van der Waals surface area contributed by atoms with Gasteiger partial charge in [0.15, 0.2) is 0 Å². The average molecular weight is 255 g/mol. The summed E-state index contributed by atoms with van der Waals surface area (Å²) in [6.45, 7) is 2.79. The van der Waals surface area contributed by atoms with E-state index in [2.05, 4.69) is 15.6 Å². The fraction of sp³-hybridized carbons (Fsp3) is 0.333. The van der Waals surface area contributed by atoms with Gasteiger partial charge in [-0.1, -0.05) is 12.1 Å².